The molecule has 1 rings (SSSR count). The number of hydrogen-bond acceptors (Lipinski definition) is 6. The molecule has 0 aliphatic heterocycles. The second kappa shape index (κ2) is 5.55. The minimum Gasteiger partial charge on any atom is -0.359 e. The van der Waals surface area contributed by atoms with Gasteiger partial charge in [-0.3, -0.25) is 0 Å². The summed E-state index contributed by atoms with van der Waals surface area (Å²) in [6.45, 7) is 4.89. The Hall–Kier alpha value is -0.730. The van der Waals surface area contributed by atoms with E-state index in [0.29, 0.717) is 19.0 Å². The molecular formula is C8H16N4O2S2. The van der Waals surface area contributed by atoms with Gasteiger partial charge in [-0.05, 0) is 0 Å². The number of rotatable bonds is 6. The van der Waals surface area contributed by atoms with Crippen molar-refractivity contribution in [1.82, 2.24) is 14.1 Å². The fourth-order valence-corrected chi connectivity index (χ4v) is 2.15. The minimum atomic E-state index is -3.11. The van der Waals surface area contributed by atoms with Crippen LogP contribution in [0.1, 0.15) is 25.6 Å². The molecule has 0 fully saturated rings. The highest BCUT2D eigenvalue weighted by Crippen LogP contribution is 2.16. The topological polar surface area (TPSA) is 84.0 Å². The quantitative estimate of drug-likeness (QED) is 0.736. The fraction of sp³-hybridized carbons (Fsp3) is 0.750. The molecule has 16 heavy (non-hydrogen) atoms. The third kappa shape index (κ3) is 4.86. The molecule has 2 N–H and O–H groups in total. The van der Waals surface area contributed by atoms with Crippen molar-refractivity contribution in [2.24, 2.45) is 0 Å². The first-order valence-corrected chi connectivity index (χ1v) is 7.57. The van der Waals surface area contributed by atoms with Crippen molar-refractivity contribution in [1.29, 1.82) is 0 Å². The third-order valence-corrected chi connectivity index (χ3v) is 3.14. The maximum absolute atomic E-state index is 10.8. The van der Waals surface area contributed by atoms with E-state index in [1.807, 2.05) is 13.8 Å². The van der Waals surface area contributed by atoms with Crippen molar-refractivity contribution >= 4 is 26.7 Å². The molecule has 0 aliphatic rings. The van der Waals surface area contributed by atoms with E-state index in [1.165, 1.54) is 11.5 Å². The van der Waals surface area contributed by atoms with E-state index in [1.54, 1.807) is 0 Å². The smallest absolute Gasteiger partial charge is 0.208 e. The molecule has 0 atom stereocenters. The monoisotopic (exact) mass is 264 g/mol. The van der Waals surface area contributed by atoms with E-state index < -0.39 is 10.0 Å². The molecular weight excluding hydrogens is 248 g/mol. The molecule has 1 aromatic heterocycles. The molecule has 0 spiro atoms. The van der Waals surface area contributed by atoms with Crippen LogP contribution in [0.25, 0.3) is 0 Å². The molecule has 0 radical (unpaired) electrons. The van der Waals surface area contributed by atoms with Gasteiger partial charge in [-0.25, -0.2) is 18.1 Å². The molecule has 0 amide bonds. The molecule has 0 aliphatic carbocycles. The van der Waals surface area contributed by atoms with Crippen molar-refractivity contribution in [3.8, 4) is 0 Å². The standard InChI is InChI=1S/C8H16N4O2S2/c1-6(2)7-11-8(15-12-7)9-4-5-10-16(3,13)14/h6,10H,4-5H2,1-3H3,(H,9,11,12). The van der Waals surface area contributed by atoms with Crippen LogP contribution in [0.15, 0.2) is 0 Å². The molecule has 0 unspecified atom stereocenters. The van der Waals surface area contributed by atoms with E-state index >= 15 is 0 Å². The maximum atomic E-state index is 10.8. The molecule has 0 bridgehead atoms. The van der Waals surface area contributed by atoms with E-state index in [0.717, 1.165) is 17.2 Å². The first-order valence-electron chi connectivity index (χ1n) is 4.90. The Labute approximate surface area is 99.7 Å². The average molecular weight is 264 g/mol. The zero-order valence-corrected chi connectivity index (χ0v) is 11.2. The van der Waals surface area contributed by atoms with Crippen LogP contribution < -0.4 is 10.0 Å². The van der Waals surface area contributed by atoms with E-state index in [-0.39, 0.29) is 0 Å². The van der Waals surface area contributed by atoms with Crippen LogP contribution in [0, 0.1) is 0 Å². The first-order chi connectivity index (χ1) is 7.38. The highest BCUT2D eigenvalue weighted by atomic mass is 32.2. The second-order valence-corrected chi connectivity index (χ2v) is 6.29. The predicted molar refractivity (Wildman–Crippen MR) is 65.3 cm³/mol. The zero-order chi connectivity index (χ0) is 12.2. The summed E-state index contributed by atoms with van der Waals surface area (Å²) < 4.78 is 28.1. The van der Waals surface area contributed by atoms with Crippen molar-refractivity contribution in [2.75, 3.05) is 24.7 Å². The van der Waals surface area contributed by atoms with Gasteiger partial charge < -0.3 is 5.32 Å². The van der Waals surface area contributed by atoms with Crippen LogP contribution in [0.3, 0.4) is 0 Å². The Morgan fingerprint density at radius 1 is 1.38 bits per heavy atom. The van der Waals surface area contributed by atoms with E-state index in [9.17, 15) is 8.42 Å². The maximum Gasteiger partial charge on any atom is 0.208 e. The molecule has 92 valence electrons. The SMILES string of the molecule is CC(C)c1nsc(NCCNS(C)(=O)=O)n1. The van der Waals surface area contributed by atoms with Gasteiger partial charge in [-0.1, -0.05) is 13.8 Å². The number of anilines is 1. The fourth-order valence-electron chi connectivity index (χ4n) is 0.947. The molecule has 1 aromatic rings. The molecule has 0 saturated carbocycles. The number of nitrogens with one attached hydrogen (secondary N) is 2. The lowest BCUT2D eigenvalue weighted by Gasteiger charge is -2.02. The largest absolute Gasteiger partial charge is 0.359 e. The average Bonchev–Trinajstić information content (AvgIpc) is 2.59. The Balaban J connectivity index is 2.32. The van der Waals surface area contributed by atoms with Gasteiger partial charge in [0.15, 0.2) is 0 Å². The van der Waals surface area contributed by atoms with Gasteiger partial charge in [0.05, 0.1) is 6.26 Å². The number of aromatic nitrogens is 2. The van der Waals surface area contributed by atoms with Crippen molar-refractivity contribution < 1.29 is 8.42 Å². The number of nitrogens with zero attached hydrogens (tertiary/aromatic N) is 2. The summed E-state index contributed by atoms with van der Waals surface area (Å²) >= 11 is 1.29. The van der Waals surface area contributed by atoms with Crippen molar-refractivity contribution in [3.63, 3.8) is 0 Å². The molecule has 1 heterocycles. The summed E-state index contributed by atoms with van der Waals surface area (Å²) in [6.07, 6.45) is 1.13. The predicted octanol–water partition coefficient (Wildman–Crippen LogP) is 0.623. The van der Waals surface area contributed by atoms with Gasteiger partial charge in [-0.2, -0.15) is 4.37 Å². The molecule has 0 aromatic carbocycles. The Kier molecular flexibility index (Phi) is 4.63. The summed E-state index contributed by atoms with van der Waals surface area (Å²) in [5.41, 5.74) is 0. The van der Waals surface area contributed by atoms with Crippen LogP contribution in [0.4, 0.5) is 5.13 Å². The second-order valence-electron chi connectivity index (χ2n) is 3.71. The van der Waals surface area contributed by atoms with E-state index in [4.69, 9.17) is 0 Å². The summed E-state index contributed by atoms with van der Waals surface area (Å²) in [5, 5.41) is 3.73. The van der Waals surface area contributed by atoms with Gasteiger partial charge in [0, 0.05) is 30.5 Å². The van der Waals surface area contributed by atoms with Crippen LogP contribution in [-0.2, 0) is 10.0 Å². The molecule has 0 saturated heterocycles. The molecule has 8 heteroatoms. The highest BCUT2D eigenvalue weighted by Gasteiger charge is 2.07. The van der Waals surface area contributed by atoms with Crippen LogP contribution in [0.5, 0.6) is 0 Å². The van der Waals surface area contributed by atoms with E-state index in [2.05, 4.69) is 19.4 Å². The van der Waals surface area contributed by atoms with Gasteiger partial charge in [0.1, 0.15) is 5.82 Å². The van der Waals surface area contributed by atoms with Crippen LogP contribution >= 0.6 is 11.5 Å². The Morgan fingerprint density at radius 3 is 2.56 bits per heavy atom. The lowest BCUT2D eigenvalue weighted by molar-refractivity contribution is 0.589. The first kappa shape index (κ1) is 13.3. The minimum absolute atomic E-state index is 0.306. The summed E-state index contributed by atoms with van der Waals surface area (Å²) in [6, 6.07) is 0. The van der Waals surface area contributed by atoms with Crippen molar-refractivity contribution in [3.05, 3.63) is 5.82 Å². The normalized spacial score (nSPS) is 12.0. The van der Waals surface area contributed by atoms with Crippen LogP contribution in [-0.4, -0.2) is 37.1 Å². The van der Waals surface area contributed by atoms with Crippen LogP contribution in [0.2, 0.25) is 0 Å². The summed E-state index contributed by atoms with van der Waals surface area (Å²) in [4.78, 5) is 4.26. The summed E-state index contributed by atoms with van der Waals surface area (Å²) in [7, 11) is -3.11. The zero-order valence-electron chi connectivity index (χ0n) is 9.52. The summed E-state index contributed by atoms with van der Waals surface area (Å²) in [5.74, 6) is 1.12. The number of sulfonamides is 1. The third-order valence-electron chi connectivity index (χ3n) is 1.72. The Morgan fingerprint density at radius 2 is 2.06 bits per heavy atom. The highest BCUT2D eigenvalue weighted by molar-refractivity contribution is 7.88. The van der Waals surface area contributed by atoms with Gasteiger partial charge in [0.2, 0.25) is 15.2 Å². The Bertz CT molecular complexity index is 427. The lowest BCUT2D eigenvalue weighted by Crippen LogP contribution is -2.27. The van der Waals surface area contributed by atoms with Crippen molar-refractivity contribution in [2.45, 2.75) is 19.8 Å². The van der Waals surface area contributed by atoms with Gasteiger partial charge in [0.25, 0.3) is 0 Å². The number of hydrogen-bond donors (Lipinski definition) is 2. The lowest BCUT2D eigenvalue weighted by atomic mass is 10.2. The van der Waals surface area contributed by atoms with Gasteiger partial charge in [-0.15, -0.1) is 0 Å². The van der Waals surface area contributed by atoms with Gasteiger partial charge >= 0.3 is 0 Å². The molecule has 6 nitrogen and oxygen atoms in total.